The molecule has 0 unspecified atom stereocenters. The molecule has 0 radical (unpaired) electrons. The lowest BCUT2D eigenvalue weighted by atomic mass is 9.96. The topological polar surface area (TPSA) is 84.2 Å². The maximum atomic E-state index is 12.9. The Hall–Kier alpha value is -2.77. The quantitative estimate of drug-likeness (QED) is 0.778. The summed E-state index contributed by atoms with van der Waals surface area (Å²) in [7, 11) is 3.63. The standard InChI is InChI=1S/C20H26N6O2/c1-13-15-7-5-10-24(2)19(15)22-18(21-13)14-6-4-11-26(12-14)20(28)16-8-9-17(27)25(3)23-16/h8-9,14H,4-7,10-12H2,1-3H3/t14-/m1/s1. The van der Waals surface area contributed by atoms with Crippen molar-refractivity contribution >= 4 is 11.7 Å². The Morgan fingerprint density at radius 1 is 1.14 bits per heavy atom. The van der Waals surface area contributed by atoms with Gasteiger partial charge in [0.15, 0.2) is 0 Å². The number of rotatable bonds is 2. The molecular formula is C20H26N6O2. The maximum Gasteiger partial charge on any atom is 0.274 e. The van der Waals surface area contributed by atoms with Gasteiger partial charge < -0.3 is 9.80 Å². The number of carbonyl (C=O) groups excluding carboxylic acids is 1. The van der Waals surface area contributed by atoms with Crippen LogP contribution in [0.25, 0.3) is 0 Å². The second-order valence-corrected chi connectivity index (χ2v) is 7.77. The predicted octanol–water partition coefficient (Wildman–Crippen LogP) is 1.28. The third-order valence-corrected chi connectivity index (χ3v) is 5.74. The van der Waals surface area contributed by atoms with E-state index in [1.807, 2.05) is 4.90 Å². The first kappa shape index (κ1) is 18.6. The molecule has 4 heterocycles. The lowest BCUT2D eigenvalue weighted by Gasteiger charge is -2.33. The van der Waals surface area contributed by atoms with E-state index in [0.717, 1.165) is 49.6 Å². The lowest BCUT2D eigenvalue weighted by molar-refractivity contribution is 0.0696. The Morgan fingerprint density at radius 3 is 2.75 bits per heavy atom. The SMILES string of the molecule is Cc1nc([C@@H]2CCCN(C(=O)c3ccc(=O)n(C)n3)C2)nc2c1CCCN2C. The summed E-state index contributed by atoms with van der Waals surface area (Å²) in [5.74, 6) is 1.84. The normalized spacial score (nSPS) is 19.5. The van der Waals surface area contributed by atoms with Gasteiger partial charge in [0, 0.05) is 57.0 Å². The van der Waals surface area contributed by atoms with E-state index < -0.39 is 0 Å². The van der Waals surface area contributed by atoms with Gasteiger partial charge in [-0.2, -0.15) is 5.10 Å². The Bertz CT molecular complexity index is 970. The highest BCUT2D eigenvalue weighted by Crippen LogP contribution is 2.31. The molecular weight excluding hydrogens is 356 g/mol. The summed E-state index contributed by atoms with van der Waals surface area (Å²) in [6.45, 7) is 4.33. The number of fused-ring (bicyclic) bond motifs is 1. The van der Waals surface area contributed by atoms with E-state index in [0.29, 0.717) is 18.8 Å². The minimum absolute atomic E-state index is 0.115. The molecule has 28 heavy (non-hydrogen) atoms. The van der Waals surface area contributed by atoms with Crippen LogP contribution in [0.1, 0.15) is 52.8 Å². The van der Waals surface area contributed by atoms with E-state index in [9.17, 15) is 9.59 Å². The van der Waals surface area contributed by atoms with Crippen LogP contribution in [0.4, 0.5) is 5.82 Å². The number of likely N-dealkylation sites (tertiary alicyclic amines) is 1. The largest absolute Gasteiger partial charge is 0.359 e. The summed E-state index contributed by atoms with van der Waals surface area (Å²) >= 11 is 0. The Balaban J connectivity index is 1.58. The smallest absolute Gasteiger partial charge is 0.274 e. The fraction of sp³-hybridized carbons (Fsp3) is 0.550. The Morgan fingerprint density at radius 2 is 1.96 bits per heavy atom. The predicted molar refractivity (Wildman–Crippen MR) is 106 cm³/mol. The van der Waals surface area contributed by atoms with Gasteiger partial charge in [-0.3, -0.25) is 9.59 Å². The number of piperidine rings is 1. The molecule has 2 aliphatic rings. The number of hydrogen-bond acceptors (Lipinski definition) is 6. The number of aromatic nitrogens is 4. The van der Waals surface area contributed by atoms with Crippen molar-refractivity contribution in [3.8, 4) is 0 Å². The molecule has 0 saturated carbocycles. The molecule has 4 rings (SSSR count). The van der Waals surface area contributed by atoms with Gasteiger partial charge in [-0.15, -0.1) is 0 Å². The summed E-state index contributed by atoms with van der Waals surface area (Å²) < 4.78 is 1.19. The van der Waals surface area contributed by atoms with Gasteiger partial charge in [-0.05, 0) is 38.7 Å². The zero-order chi connectivity index (χ0) is 19.8. The molecule has 0 spiro atoms. The molecule has 2 aromatic rings. The first-order chi connectivity index (χ1) is 13.4. The number of amides is 1. The van der Waals surface area contributed by atoms with Gasteiger partial charge >= 0.3 is 0 Å². The van der Waals surface area contributed by atoms with Crippen LogP contribution in [0.5, 0.6) is 0 Å². The highest BCUT2D eigenvalue weighted by atomic mass is 16.2. The Kier molecular flexibility index (Phi) is 4.87. The molecule has 0 aliphatic carbocycles. The molecule has 0 N–H and O–H groups in total. The van der Waals surface area contributed by atoms with Crippen LogP contribution in [0.3, 0.4) is 0 Å². The van der Waals surface area contributed by atoms with Gasteiger partial charge in [-0.1, -0.05) is 0 Å². The van der Waals surface area contributed by atoms with Crippen molar-refractivity contribution in [2.24, 2.45) is 7.05 Å². The molecule has 1 fully saturated rings. The zero-order valence-electron chi connectivity index (χ0n) is 16.7. The second kappa shape index (κ2) is 7.33. The van der Waals surface area contributed by atoms with Crippen LogP contribution in [0.2, 0.25) is 0 Å². The zero-order valence-corrected chi connectivity index (χ0v) is 16.7. The number of aryl methyl sites for hydroxylation is 2. The van der Waals surface area contributed by atoms with Crippen LogP contribution in [0.15, 0.2) is 16.9 Å². The van der Waals surface area contributed by atoms with E-state index in [2.05, 4.69) is 24.0 Å². The van der Waals surface area contributed by atoms with Crippen LogP contribution in [-0.2, 0) is 13.5 Å². The fourth-order valence-electron chi connectivity index (χ4n) is 4.14. The van der Waals surface area contributed by atoms with Crippen LogP contribution >= 0.6 is 0 Å². The molecule has 148 valence electrons. The van der Waals surface area contributed by atoms with Crippen LogP contribution in [0, 0.1) is 6.92 Å². The number of anilines is 1. The minimum atomic E-state index is -0.227. The number of hydrogen-bond donors (Lipinski definition) is 0. The molecule has 1 saturated heterocycles. The molecule has 1 atom stereocenters. The Labute approximate surface area is 164 Å². The average Bonchev–Trinajstić information content (AvgIpc) is 2.70. The first-order valence-electron chi connectivity index (χ1n) is 9.86. The lowest BCUT2D eigenvalue weighted by Crippen LogP contribution is -2.40. The maximum absolute atomic E-state index is 12.9. The summed E-state index contributed by atoms with van der Waals surface area (Å²) in [4.78, 5) is 38.1. The van der Waals surface area contributed by atoms with Crippen molar-refractivity contribution < 1.29 is 4.79 Å². The molecule has 1 amide bonds. The molecule has 8 nitrogen and oxygen atoms in total. The van der Waals surface area contributed by atoms with Crippen molar-refractivity contribution in [2.75, 3.05) is 31.6 Å². The molecule has 0 aromatic carbocycles. The van der Waals surface area contributed by atoms with Gasteiger partial charge in [-0.25, -0.2) is 14.6 Å². The minimum Gasteiger partial charge on any atom is -0.359 e. The van der Waals surface area contributed by atoms with Gasteiger partial charge in [0.1, 0.15) is 17.3 Å². The molecule has 2 aliphatic heterocycles. The summed E-state index contributed by atoms with van der Waals surface area (Å²) in [5, 5.41) is 4.10. The van der Waals surface area contributed by atoms with E-state index >= 15 is 0 Å². The average molecular weight is 382 g/mol. The van der Waals surface area contributed by atoms with Crippen molar-refractivity contribution in [1.82, 2.24) is 24.6 Å². The summed E-state index contributed by atoms with van der Waals surface area (Å²) in [6, 6.07) is 2.89. The van der Waals surface area contributed by atoms with E-state index in [-0.39, 0.29) is 17.4 Å². The molecule has 0 bridgehead atoms. The van der Waals surface area contributed by atoms with Crippen molar-refractivity contribution in [3.05, 3.63) is 45.3 Å². The van der Waals surface area contributed by atoms with Crippen molar-refractivity contribution in [3.63, 3.8) is 0 Å². The van der Waals surface area contributed by atoms with E-state index in [1.165, 1.54) is 22.4 Å². The van der Waals surface area contributed by atoms with Gasteiger partial charge in [0.2, 0.25) is 0 Å². The van der Waals surface area contributed by atoms with E-state index in [4.69, 9.17) is 9.97 Å². The third-order valence-electron chi connectivity index (χ3n) is 5.74. The highest BCUT2D eigenvalue weighted by molar-refractivity contribution is 5.92. The first-order valence-corrected chi connectivity index (χ1v) is 9.86. The van der Waals surface area contributed by atoms with Crippen molar-refractivity contribution in [1.29, 1.82) is 0 Å². The molecule has 8 heteroatoms. The summed E-state index contributed by atoms with van der Waals surface area (Å²) in [5.41, 5.74) is 2.37. The monoisotopic (exact) mass is 382 g/mol. The third kappa shape index (κ3) is 3.39. The van der Waals surface area contributed by atoms with Gasteiger partial charge in [0.05, 0.1) is 0 Å². The van der Waals surface area contributed by atoms with Gasteiger partial charge in [0.25, 0.3) is 11.5 Å². The van der Waals surface area contributed by atoms with Crippen LogP contribution in [-0.4, -0.2) is 57.2 Å². The van der Waals surface area contributed by atoms with Crippen LogP contribution < -0.4 is 10.5 Å². The number of nitrogens with zero attached hydrogens (tertiary/aromatic N) is 6. The highest BCUT2D eigenvalue weighted by Gasteiger charge is 2.30. The van der Waals surface area contributed by atoms with Crippen molar-refractivity contribution in [2.45, 2.75) is 38.5 Å². The number of carbonyl (C=O) groups is 1. The molecule has 2 aromatic heterocycles. The fourth-order valence-corrected chi connectivity index (χ4v) is 4.14. The summed E-state index contributed by atoms with van der Waals surface area (Å²) in [6.07, 6.45) is 4.02. The van der Waals surface area contributed by atoms with E-state index in [1.54, 1.807) is 7.05 Å². The second-order valence-electron chi connectivity index (χ2n) is 7.77.